The molecule has 0 aromatic heterocycles. The fourth-order valence-corrected chi connectivity index (χ4v) is 1.23. The van der Waals surface area contributed by atoms with Crippen LogP contribution in [0.1, 0.15) is 12.5 Å². The summed E-state index contributed by atoms with van der Waals surface area (Å²) in [6.45, 7) is -1.01. The maximum absolute atomic E-state index is 12.4. The molecule has 0 radical (unpaired) electrons. The van der Waals surface area contributed by atoms with E-state index in [9.17, 15) is 12.9 Å². The molecule has 0 heterocycles. The van der Waals surface area contributed by atoms with Crippen LogP contribution in [0.3, 0.4) is 0 Å². The molecule has 0 aliphatic heterocycles. The quantitative estimate of drug-likeness (QED) is 0.406. The second-order valence-electron chi connectivity index (χ2n) is 3.35. The smallest absolute Gasteiger partial charge is 0.467 e. The molecule has 7 heteroatoms. The van der Waals surface area contributed by atoms with Gasteiger partial charge in [-0.3, -0.25) is 0 Å². The molecule has 1 rings (SSSR count). The van der Waals surface area contributed by atoms with E-state index in [2.05, 4.69) is 0 Å². The van der Waals surface area contributed by atoms with Gasteiger partial charge in [-0.05, 0) is 25.5 Å². The maximum atomic E-state index is 12.4. The van der Waals surface area contributed by atoms with Crippen molar-refractivity contribution in [2.45, 2.75) is 13.8 Å². The van der Waals surface area contributed by atoms with E-state index in [1.54, 1.807) is 6.92 Å². The van der Waals surface area contributed by atoms with Crippen molar-refractivity contribution in [2.75, 3.05) is 13.4 Å². The fourth-order valence-electron chi connectivity index (χ4n) is 1.23. The zero-order valence-corrected chi connectivity index (χ0v) is 13.3. The molecule has 17 heavy (non-hydrogen) atoms. The number of hydrogen-bond acceptors (Lipinski definition) is 2. The molecule has 0 N–H and O–H groups in total. The molecule has 90 valence electrons. The summed E-state index contributed by atoms with van der Waals surface area (Å²) in [6, 6.07) is 3.43. The second-order valence-corrected chi connectivity index (χ2v) is 3.35. The van der Waals surface area contributed by atoms with Gasteiger partial charge in [0.25, 0.3) is 0 Å². The van der Waals surface area contributed by atoms with Crippen LogP contribution in [0.2, 0.25) is 0 Å². The predicted molar refractivity (Wildman–Crippen MR) is 57.0 cm³/mol. The van der Waals surface area contributed by atoms with Gasteiger partial charge in [-0.2, -0.15) is 0 Å². The third-order valence-corrected chi connectivity index (χ3v) is 2.08. The van der Waals surface area contributed by atoms with Gasteiger partial charge in [0.1, 0.15) is 5.75 Å². The van der Waals surface area contributed by atoms with Gasteiger partial charge in [0.15, 0.2) is 6.79 Å². The molecule has 0 unspecified atom stereocenters. The molecule has 0 aliphatic carbocycles. The molecular formula is C10H13BF3KO2. The Hall–Kier alpha value is 0.471. The van der Waals surface area contributed by atoms with E-state index in [1.807, 2.05) is 6.92 Å². The summed E-state index contributed by atoms with van der Waals surface area (Å²) in [7, 11) is 0. The summed E-state index contributed by atoms with van der Waals surface area (Å²) in [5, 5.41) is 0. The van der Waals surface area contributed by atoms with Crippen LogP contribution in [0, 0.1) is 6.92 Å². The van der Waals surface area contributed by atoms with E-state index in [0.29, 0.717) is 17.9 Å². The van der Waals surface area contributed by atoms with Crippen LogP contribution in [0.25, 0.3) is 0 Å². The Morgan fingerprint density at radius 2 is 1.88 bits per heavy atom. The molecule has 0 atom stereocenters. The van der Waals surface area contributed by atoms with Gasteiger partial charge < -0.3 is 22.4 Å². The normalized spacial score (nSPS) is 10.9. The van der Waals surface area contributed by atoms with Gasteiger partial charge in [0.2, 0.25) is 0 Å². The van der Waals surface area contributed by atoms with Crippen molar-refractivity contribution in [3.8, 4) is 5.75 Å². The van der Waals surface area contributed by atoms with Crippen molar-refractivity contribution >= 4 is 12.4 Å². The third kappa shape index (κ3) is 5.76. The van der Waals surface area contributed by atoms with Crippen LogP contribution in [-0.4, -0.2) is 20.4 Å². The number of benzene rings is 1. The van der Waals surface area contributed by atoms with E-state index in [0.717, 1.165) is 12.1 Å². The van der Waals surface area contributed by atoms with E-state index in [1.165, 1.54) is 6.07 Å². The summed E-state index contributed by atoms with van der Waals surface area (Å²) >= 11 is 0. The molecule has 0 saturated heterocycles. The first-order valence-electron chi connectivity index (χ1n) is 4.96. The van der Waals surface area contributed by atoms with Crippen molar-refractivity contribution < 1.29 is 73.8 Å². The molecule has 1 aromatic rings. The Bertz CT molecular complexity index is 358. The summed E-state index contributed by atoms with van der Waals surface area (Å²) in [5.41, 5.74) is -0.155. The number of rotatable bonds is 5. The van der Waals surface area contributed by atoms with Crippen LogP contribution in [0.4, 0.5) is 12.9 Å². The van der Waals surface area contributed by atoms with Gasteiger partial charge in [0, 0.05) is 6.61 Å². The van der Waals surface area contributed by atoms with E-state index in [-0.39, 0.29) is 58.2 Å². The SMILES string of the molecule is CCOCOc1ccc([B-](F)(F)F)cc1C.[K+]. The largest absolute Gasteiger partial charge is 1.00 e. The fraction of sp³-hybridized carbons (Fsp3) is 0.400. The minimum Gasteiger partial charge on any atom is -0.467 e. The Balaban J connectivity index is 0.00000256. The number of ether oxygens (including phenoxy) is 2. The van der Waals surface area contributed by atoms with E-state index >= 15 is 0 Å². The van der Waals surface area contributed by atoms with E-state index in [4.69, 9.17) is 9.47 Å². The number of aryl methyl sites for hydroxylation is 1. The number of hydrogen-bond donors (Lipinski definition) is 0. The molecule has 0 saturated carbocycles. The van der Waals surface area contributed by atoms with Crippen molar-refractivity contribution in [2.24, 2.45) is 0 Å². The molecule has 0 amide bonds. The van der Waals surface area contributed by atoms with Gasteiger partial charge in [-0.1, -0.05) is 12.1 Å². The molecule has 0 spiro atoms. The standard InChI is InChI=1S/C10H13BF3O2.K/c1-3-15-7-16-10-5-4-9(6-8(10)2)11(12,13)14;/h4-6H,3,7H2,1-2H3;/q-1;+1. The summed E-state index contributed by atoms with van der Waals surface area (Å²) in [6.07, 6.45) is 0. The zero-order chi connectivity index (χ0) is 12.2. The average molecular weight is 272 g/mol. The predicted octanol–water partition coefficient (Wildman–Crippen LogP) is -0.574. The topological polar surface area (TPSA) is 18.5 Å². The second kappa shape index (κ2) is 7.81. The van der Waals surface area contributed by atoms with Crippen molar-refractivity contribution in [3.63, 3.8) is 0 Å². The van der Waals surface area contributed by atoms with Crippen molar-refractivity contribution in [3.05, 3.63) is 23.8 Å². The maximum Gasteiger partial charge on any atom is 1.00 e. The first-order valence-corrected chi connectivity index (χ1v) is 4.96. The van der Waals surface area contributed by atoms with Crippen LogP contribution >= 0.6 is 0 Å². The van der Waals surface area contributed by atoms with Gasteiger partial charge in [-0.25, -0.2) is 0 Å². The monoisotopic (exact) mass is 272 g/mol. The first-order chi connectivity index (χ1) is 7.45. The summed E-state index contributed by atoms with van der Waals surface area (Å²) in [4.78, 5) is 0. The van der Waals surface area contributed by atoms with Crippen LogP contribution in [0.15, 0.2) is 18.2 Å². The van der Waals surface area contributed by atoms with Crippen LogP contribution in [0.5, 0.6) is 5.75 Å². The van der Waals surface area contributed by atoms with Crippen molar-refractivity contribution in [1.29, 1.82) is 0 Å². The average Bonchev–Trinajstić information content (AvgIpc) is 2.19. The van der Waals surface area contributed by atoms with Gasteiger partial charge in [-0.15, -0.1) is 5.46 Å². The molecule has 0 fully saturated rings. The van der Waals surface area contributed by atoms with Gasteiger partial charge in [0.05, 0.1) is 0 Å². The Kier molecular flexibility index (Phi) is 8.02. The Morgan fingerprint density at radius 1 is 1.24 bits per heavy atom. The van der Waals surface area contributed by atoms with Crippen molar-refractivity contribution in [1.82, 2.24) is 0 Å². The number of halogens is 3. The third-order valence-electron chi connectivity index (χ3n) is 2.08. The molecule has 0 bridgehead atoms. The van der Waals surface area contributed by atoms with Crippen LogP contribution < -0.4 is 61.6 Å². The minimum atomic E-state index is -4.94. The Morgan fingerprint density at radius 3 is 2.35 bits per heavy atom. The van der Waals surface area contributed by atoms with E-state index < -0.39 is 12.4 Å². The molecule has 1 aromatic carbocycles. The van der Waals surface area contributed by atoms with Gasteiger partial charge >= 0.3 is 58.4 Å². The molecule has 2 nitrogen and oxygen atoms in total. The molecular weight excluding hydrogens is 259 g/mol. The first kappa shape index (κ1) is 17.5. The minimum absolute atomic E-state index is 0. The summed E-state index contributed by atoms with van der Waals surface area (Å²) in [5.74, 6) is 0.414. The molecule has 0 aliphatic rings. The zero-order valence-electron chi connectivity index (χ0n) is 10.2. The summed E-state index contributed by atoms with van der Waals surface area (Å²) < 4.78 is 47.3. The Labute approximate surface area is 141 Å². The van der Waals surface area contributed by atoms with Crippen LogP contribution in [-0.2, 0) is 4.74 Å².